The van der Waals surface area contributed by atoms with Crippen molar-refractivity contribution in [3.63, 3.8) is 0 Å². The molecular weight excluding hydrogens is 851 g/mol. The molecule has 0 spiro atoms. The molecule has 0 radical (unpaired) electrons. The number of aryl methyl sites for hydroxylation is 2. The molecule has 0 saturated carbocycles. The maximum atomic E-state index is 5.32. The zero-order valence-electron chi connectivity index (χ0n) is 38.8. The Bertz CT molecular complexity index is 3920. The number of rotatable bonds is 8. The monoisotopic (exact) mass is 895 g/mol. The van der Waals surface area contributed by atoms with Crippen LogP contribution in [0.3, 0.4) is 0 Å². The average Bonchev–Trinajstić information content (AvgIpc) is 3.92. The van der Waals surface area contributed by atoms with Gasteiger partial charge in [0.05, 0.1) is 22.1 Å². The van der Waals surface area contributed by atoms with Gasteiger partial charge in [0.25, 0.3) is 0 Å². The summed E-state index contributed by atoms with van der Waals surface area (Å²) in [6.45, 7) is 4.33. The number of fused-ring (bicyclic) bond motifs is 6. The van der Waals surface area contributed by atoms with E-state index in [4.69, 9.17) is 15.0 Å². The summed E-state index contributed by atoms with van der Waals surface area (Å²) >= 11 is 0. The lowest BCUT2D eigenvalue weighted by molar-refractivity contribution is 0.953. The lowest BCUT2D eigenvalue weighted by Crippen LogP contribution is -2.06. The molecule has 0 bridgehead atoms. The Morgan fingerprint density at radius 3 is 1.10 bits per heavy atom. The second-order valence-electron chi connectivity index (χ2n) is 18.3. The summed E-state index contributed by atoms with van der Waals surface area (Å²) in [5, 5.41) is 4.77. The average molecular weight is 896 g/mol. The quantitative estimate of drug-likeness (QED) is 0.153. The topological polar surface area (TPSA) is 48.5 Å². The molecule has 13 aromatic rings. The predicted octanol–water partition coefficient (Wildman–Crippen LogP) is 16.7. The minimum Gasteiger partial charge on any atom is -0.309 e. The van der Waals surface area contributed by atoms with Crippen LogP contribution in [0.5, 0.6) is 0 Å². The van der Waals surface area contributed by atoms with Gasteiger partial charge in [0.15, 0.2) is 11.6 Å². The Morgan fingerprint density at radius 1 is 0.257 bits per heavy atom. The van der Waals surface area contributed by atoms with E-state index in [9.17, 15) is 0 Å². The molecule has 3 heterocycles. The van der Waals surface area contributed by atoms with Gasteiger partial charge in [-0.2, -0.15) is 9.97 Å². The predicted molar refractivity (Wildman–Crippen MR) is 291 cm³/mol. The van der Waals surface area contributed by atoms with Crippen LogP contribution < -0.4 is 0 Å². The smallest absolute Gasteiger partial charge is 0.238 e. The molecule has 0 fully saturated rings. The molecule has 0 N–H and O–H groups in total. The fraction of sp³-hybridized carbons (Fsp3) is 0.0308. The molecule has 0 saturated heterocycles. The van der Waals surface area contributed by atoms with Crippen molar-refractivity contribution in [1.82, 2.24) is 24.1 Å². The van der Waals surface area contributed by atoms with E-state index >= 15 is 0 Å². The van der Waals surface area contributed by atoms with Gasteiger partial charge in [-0.15, -0.1) is 0 Å². The molecule has 0 amide bonds. The van der Waals surface area contributed by atoms with Crippen LogP contribution in [0.15, 0.2) is 237 Å². The lowest BCUT2D eigenvalue weighted by atomic mass is 9.93. The summed E-state index contributed by atoms with van der Waals surface area (Å²) in [6.07, 6.45) is 0. The summed E-state index contributed by atoms with van der Waals surface area (Å²) in [5.41, 5.74) is 19.0. The van der Waals surface area contributed by atoms with Gasteiger partial charge in [-0.25, -0.2) is 4.98 Å². The van der Waals surface area contributed by atoms with E-state index in [1.54, 1.807) is 0 Å². The number of nitrogens with zero attached hydrogens (tertiary/aromatic N) is 5. The molecule has 0 aliphatic carbocycles. The first-order chi connectivity index (χ1) is 34.5. The zero-order chi connectivity index (χ0) is 46.7. The van der Waals surface area contributed by atoms with Crippen LogP contribution in [0.4, 0.5) is 0 Å². The molecule has 3 aromatic heterocycles. The molecule has 5 heteroatoms. The van der Waals surface area contributed by atoms with Crippen LogP contribution in [0.2, 0.25) is 0 Å². The summed E-state index contributed by atoms with van der Waals surface area (Å²) in [6, 6.07) is 84.8. The Morgan fingerprint density at radius 2 is 0.643 bits per heavy atom. The maximum absolute atomic E-state index is 5.32. The molecule has 5 nitrogen and oxygen atoms in total. The number of hydrogen-bond donors (Lipinski definition) is 0. The molecule has 10 aromatic carbocycles. The van der Waals surface area contributed by atoms with E-state index in [1.165, 1.54) is 44.1 Å². The van der Waals surface area contributed by atoms with Gasteiger partial charge in [0.1, 0.15) is 0 Å². The van der Waals surface area contributed by atoms with Crippen molar-refractivity contribution in [3.05, 3.63) is 248 Å². The Balaban J connectivity index is 1.02. The Kier molecular flexibility index (Phi) is 9.88. The van der Waals surface area contributed by atoms with Crippen LogP contribution in [-0.4, -0.2) is 24.1 Å². The van der Waals surface area contributed by atoms with E-state index in [0.717, 1.165) is 72.0 Å². The molecule has 0 aliphatic rings. The largest absolute Gasteiger partial charge is 0.309 e. The van der Waals surface area contributed by atoms with E-state index in [-0.39, 0.29) is 0 Å². The van der Waals surface area contributed by atoms with E-state index < -0.39 is 0 Å². The third kappa shape index (κ3) is 7.24. The normalized spacial score (nSPS) is 11.6. The highest BCUT2D eigenvalue weighted by Crippen LogP contribution is 2.40. The third-order valence-corrected chi connectivity index (χ3v) is 13.7. The minimum atomic E-state index is 0.553. The number of aromatic nitrogens is 5. The Hall–Kier alpha value is -9.19. The first-order valence-corrected chi connectivity index (χ1v) is 23.8. The number of hydrogen-bond acceptors (Lipinski definition) is 3. The van der Waals surface area contributed by atoms with Crippen LogP contribution >= 0.6 is 0 Å². The standard InChI is InChI=1S/C65H45N5/c1-42-23-33-59-57(35-42)58-36-43(2)24-34-60(58)69(59)54-29-25-46(26-30-54)49-27-31-55-56-32-28-50(53-38-51(44-15-7-3-8-16-44)37-52(39-53)45-17-9-4-10-18-45)41-62(56)70(61(55)40-49)65-67-63(47-19-11-5-12-20-47)66-64(68-65)48-21-13-6-14-22-48/h3-41H,1-2H3. The van der Waals surface area contributed by atoms with Crippen molar-refractivity contribution >= 4 is 43.6 Å². The first kappa shape index (κ1) is 41.0. The fourth-order valence-corrected chi connectivity index (χ4v) is 10.2. The van der Waals surface area contributed by atoms with Crippen molar-refractivity contribution in [2.45, 2.75) is 13.8 Å². The molecule has 0 unspecified atom stereocenters. The van der Waals surface area contributed by atoms with Gasteiger partial charge < -0.3 is 4.57 Å². The van der Waals surface area contributed by atoms with Crippen molar-refractivity contribution in [2.75, 3.05) is 0 Å². The first-order valence-electron chi connectivity index (χ1n) is 23.8. The molecule has 0 atom stereocenters. The van der Waals surface area contributed by atoms with Crippen LogP contribution in [-0.2, 0) is 0 Å². The summed E-state index contributed by atoms with van der Waals surface area (Å²) in [5.74, 6) is 1.78. The van der Waals surface area contributed by atoms with Crippen LogP contribution in [0.1, 0.15) is 11.1 Å². The van der Waals surface area contributed by atoms with Crippen molar-refractivity contribution in [2.24, 2.45) is 0 Å². The van der Waals surface area contributed by atoms with Crippen molar-refractivity contribution in [3.8, 4) is 78.9 Å². The summed E-state index contributed by atoms with van der Waals surface area (Å²) in [4.78, 5) is 15.7. The van der Waals surface area contributed by atoms with Gasteiger partial charge in [-0.3, -0.25) is 4.57 Å². The van der Waals surface area contributed by atoms with Gasteiger partial charge in [0, 0.05) is 38.4 Å². The third-order valence-electron chi connectivity index (χ3n) is 13.7. The maximum Gasteiger partial charge on any atom is 0.238 e. The second-order valence-corrected chi connectivity index (χ2v) is 18.3. The fourth-order valence-electron chi connectivity index (χ4n) is 10.2. The Labute approximate surface area is 406 Å². The van der Waals surface area contributed by atoms with Gasteiger partial charge in [-0.1, -0.05) is 181 Å². The van der Waals surface area contributed by atoms with Gasteiger partial charge in [-0.05, 0) is 125 Å². The summed E-state index contributed by atoms with van der Waals surface area (Å²) in [7, 11) is 0. The highest BCUT2D eigenvalue weighted by Gasteiger charge is 2.21. The van der Waals surface area contributed by atoms with Crippen molar-refractivity contribution in [1.29, 1.82) is 0 Å². The SMILES string of the molecule is Cc1ccc2c(c1)c1cc(C)ccc1n2-c1ccc(-c2ccc3c4ccc(-c5cc(-c6ccccc6)cc(-c6ccccc6)c5)cc4n(-c4nc(-c5ccccc5)nc(-c5ccccc5)n4)c3c2)cc1. The highest BCUT2D eigenvalue weighted by atomic mass is 15.2. The van der Waals surface area contributed by atoms with E-state index in [2.05, 4.69) is 223 Å². The summed E-state index contributed by atoms with van der Waals surface area (Å²) < 4.78 is 4.63. The highest BCUT2D eigenvalue weighted by molar-refractivity contribution is 6.12. The lowest BCUT2D eigenvalue weighted by Gasteiger charge is -2.13. The minimum absolute atomic E-state index is 0.553. The zero-order valence-corrected chi connectivity index (χ0v) is 38.8. The van der Waals surface area contributed by atoms with Gasteiger partial charge >= 0.3 is 0 Å². The molecular formula is C65H45N5. The second kappa shape index (κ2) is 16.8. The van der Waals surface area contributed by atoms with E-state index in [1.807, 2.05) is 36.4 Å². The molecule has 70 heavy (non-hydrogen) atoms. The van der Waals surface area contributed by atoms with E-state index in [0.29, 0.717) is 17.6 Å². The van der Waals surface area contributed by atoms with Gasteiger partial charge in [0.2, 0.25) is 5.95 Å². The van der Waals surface area contributed by atoms with Crippen LogP contribution in [0, 0.1) is 13.8 Å². The van der Waals surface area contributed by atoms with Crippen LogP contribution in [0.25, 0.3) is 123 Å². The molecule has 0 aliphatic heterocycles. The molecule has 330 valence electrons. The molecule has 13 rings (SSSR count). The number of benzene rings is 10. The van der Waals surface area contributed by atoms with Crippen molar-refractivity contribution < 1.29 is 0 Å².